The zero-order valence-electron chi connectivity index (χ0n) is 15.2. The van der Waals surface area contributed by atoms with Crippen LogP contribution in [0.5, 0.6) is 5.75 Å². The fraction of sp³-hybridized carbons (Fsp3) is 0.579. The van der Waals surface area contributed by atoms with Crippen LogP contribution in [0.3, 0.4) is 0 Å². The van der Waals surface area contributed by atoms with Gasteiger partial charge in [-0.2, -0.15) is 0 Å². The highest BCUT2D eigenvalue weighted by atomic mass is 16.5. The number of ether oxygens (including phenoxy) is 1. The van der Waals surface area contributed by atoms with Crippen molar-refractivity contribution in [2.24, 2.45) is 5.92 Å². The van der Waals surface area contributed by atoms with Crippen LogP contribution in [0.15, 0.2) is 18.2 Å². The molecule has 0 aliphatic carbocycles. The first-order valence-electron chi connectivity index (χ1n) is 9.12. The number of anilines is 2. The molecule has 1 saturated heterocycles. The minimum Gasteiger partial charge on any atom is -0.479 e. The Morgan fingerprint density at radius 1 is 1.28 bits per heavy atom. The standard InChI is InChI=1S/C19H27N3O3/c1-12(2)17(22-9-5-4-6-10-22)19(24)20-14-7-8-16-15(11-14)21-18(23)13(3)25-16/h7-8,11-13,17H,4-6,9-10H2,1-3H3,(H,20,24)(H,21,23)/t13-,17-/m0/s1. The topological polar surface area (TPSA) is 70.7 Å². The number of hydrogen-bond acceptors (Lipinski definition) is 4. The Bertz CT molecular complexity index is 653. The molecule has 2 atom stereocenters. The van der Waals surface area contributed by atoms with Crippen LogP contribution in [0.1, 0.15) is 40.0 Å². The second kappa shape index (κ2) is 7.44. The van der Waals surface area contributed by atoms with E-state index in [0.717, 1.165) is 25.9 Å². The van der Waals surface area contributed by atoms with E-state index in [4.69, 9.17) is 4.74 Å². The minimum absolute atomic E-state index is 0.00766. The summed E-state index contributed by atoms with van der Waals surface area (Å²) >= 11 is 0. The molecule has 1 aromatic carbocycles. The smallest absolute Gasteiger partial charge is 0.265 e. The van der Waals surface area contributed by atoms with E-state index >= 15 is 0 Å². The van der Waals surface area contributed by atoms with Crippen LogP contribution in [0.2, 0.25) is 0 Å². The third kappa shape index (κ3) is 3.95. The molecule has 2 N–H and O–H groups in total. The minimum atomic E-state index is -0.502. The van der Waals surface area contributed by atoms with E-state index < -0.39 is 6.10 Å². The van der Waals surface area contributed by atoms with Gasteiger partial charge >= 0.3 is 0 Å². The summed E-state index contributed by atoms with van der Waals surface area (Å²) in [6.45, 7) is 7.83. The van der Waals surface area contributed by atoms with Crippen LogP contribution in [0.25, 0.3) is 0 Å². The van der Waals surface area contributed by atoms with E-state index in [2.05, 4.69) is 29.4 Å². The van der Waals surface area contributed by atoms with Crippen molar-refractivity contribution in [3.05, 3.63) is 18.2 Å². The average molecular weight is 345 g/mol. The number of nitrogens with one attached hydrogen (secondary N) is 2. The summed E-state index contributed by atoms with van der Waals surface area (Å²) in [4.78, 5) is 26.9. The van der Waals surface area contributed by atoms with E-state index in [-0.39, 0.29) is 23.8 Å². The summed E-state index contributed by atoms with van der Waals surface area (Å²) in [5.41, 5.74) is 1.27. The molecule has 0 radical (unpaired) electrons. The van der Waals surface area contributed by atoms with Crippen molar-refractivity contribution in [2.75, 3.05) is 23.7 Å². The van der Waals surface area contributed by atoms with Gasteiger partial charge in [-0.25, -0.2) is 0 Å². The number of carbonyl (C=O) groups excluding carboxylic acids is 2. The van der Waals surface area contributed by atoms with Crippen LogP contribution >= 0.6 is 0 Å². The molecule has 25 heavy (non-hydrogen) atoms. The average Bonchev–Trinajstić information content (AvgIpc) is 2.57. The van der Waals surface area contributed by atoms with Crippen molar-refractivity contribution >= 4 is 23.2 Å². The van der Waals surface area contributed by atoms with Crippen molar-refractivity contribution in [1.82, 2.24) is 4.90 Å². The van der Waals surface area contributed by atoms with Crippen LogP contribution in [-0.2, 0) is 9.59 Å². The van der Waals surface area contributed by atoms with Gasteiger partial charge in [0.1, 0.15) is 5.75 Å². The quantitative estimate of drug-likeness (QED) is 0.880. The fourth-order valence-corrected chi connectivity index (χ4v) is 3.59. The van der Waals surface area contributed by atoms with E-state index in [1.165, 1.54) is 6.42 Å². The van der Waals surface area contributed by atoms with E-state index in [1.54, 1.807) is 19.1 Å². The molecule has 0 saturated carbocycles. The lowest BCUT2D eigenvalue weighted by atomic mass is 9.98. The van der Waals surface area contributed by atoms with Crippen LogP contribution < -0.4 is 15.4 Å². The Balaban J connectivity index is 1.73. The van der Waals surface area contributed by atoms with Crippen LogP contribution in [0, 0.1) is 5.92 Å². The molecule has 2 amide bonds. The number of hydrogen-bond donors (Lipinski definition) is 2. The third-order valence-corrected chi connectivity index (χ3v) is 4.86. The van der Waals surface area contributed by atoms with Gasteiger partial charge in [0.2, 0.25) is 5.91 Å². The van der Waals surface area contributed by atoms with Gasteiger partial charge in [-0.3, -0.25) is 14.5 Å². The molecule has 3 rings (SSSR count). The summed E-state index contributed by atoms with van der Waals surface area (Å²) in [6, 6.07) is 5.22. The Hall–Kier alpha value is -2.08. The highest BCUT2D eigenvalue weighted by Crippen LogP contribution is 2.32. The molecule has 1 fully saturated rings. The number of nitrogens with zero attached hydrogens (tertiary/aromatic N) is 1. The summed E-state index contributed by atoms with van der Waals surface area (Å²) in [5.74, 6) is 0.693. The predicted molar refractivity (Wildman–Crippen MR) is 97.8 cm³/mol. The zero-order chi connectivity index (χ0) is 18.0. The highest BCUT2D eigenvalue weighted by molar-refractivity contribution is 6.00. The number of piperidine rings is 1. The lowest BCUT2D eigenvalue weighted by Gasteiger charge is -2.35. The summed E-state index contributed by atoms with van der Waals surface area (Å²) in [5, 5.41) is 5.82. The number of amides is 2. The fourth-order valence-electron chi connectivity index (χ4n) is 3.59. The first-order chi connectivity index (χ1) is 12.0. The number of fused-ring (bicyclic) bond motifs is 1. The molecule has 0 bridgehead atoms. The molecular formula is C19H27N3O3. The molecule has 0 aromatic heterocycles. The van der Waals surface area contributed by atoms with Gasteiger partial charge in [0.05, 0.1) is 11.7 Å². The van der Waals surface area contributed by atoms with Gasteiger partial charge in [0.15, 0.2) is 6.10 Å². The second-order valence-electron chi connectivity index (χ2n) is 7.24. The molecule has 0 spiro atoms. The molecule has 6 nitrogen and oxygen atoms in total. The SMILES string of the molecule is CC(C)[C@@H](C(=O)Nc1ccc2c(c1)NC(=O)[C@H](C)O2)N1CCCCC1. The van der Waals surface area contributed by atoms with E-state index in [9.17, 15) is 9.59 Å². The Morgan fingerprint density at radius 2 is 2.00 bits per heavy atom. The monoisotopic (exact) mass is 345 g/mol. The summed E-state index contributed by atoms with van der Waals surface area (Å²) in [7, 11) is 0. The molecule has 136 valence electrons. The van der Waals surface area contributed by atoms with Crippen LogP contribution in [-0.4, -0.2) is 41.9 Å². The van der Waals surface area contributed by atoms with Crippen molar-refractivity contribution in [3.8, 4) is 5.75 Å². The lowest BCUT2D eigenvalue weighted by Crippen LogP contribution is -2.49. The molecule has 2 aliphatic rings. The first-order valence-corrected chi connectivity index (χ1v) is 9.12. The largest absolute Gasteiger partial charge is 0.479 e. The zero-order valence-corrected chi connectivity index (χ0v) is 15.2. The molecule has 2 heterocycles. The molecule has 0 unspecified atom stereocenters. The van der Waals surface area contributed by atoms with Gasteiger partial charge in [-0.05, 0) is 57.0 Å². The molecule has 1 aromatic rings. The van der Waals surface area contributed by atoms with Crippen LogP contribution in [0.4, 0.5) is 11.4 Å². The second-order valence-corrected chi connectivity index (χ2v) is 7.24. The van der Waals surface area contributed by atoms with Crippen molar-refractivity contribution in [1.29, 1.82) is 0 Å². The molecule has 6 heteroatoms. The highest BCUT2D eigenvalue weighted by Gasteiger charge is 2.30. The Labute approximate surface area is 148 Å². The normalized spacial score (nSPS) is 21.9. The van der Waals surface area contributed by atoms with Gasteiger partial charge < -0.3 is 15.4 Å². The lowest BCUT2D eigenvalue weighted by molar-refractivity contribution is -0.123. The van der Waals surface area contributed by atoms with Gasteiger partial charge in [-0.1, -0.05) is 20.3 Å². The molecule has 2 aliphatic heterocycles. The maximum Gasteiger partial charge on any atom is 0.265 e. The number of carbonyl (C=O) groups is 2. The number of likely N-dealkylation sites (tertiary alicyclic amines) is 1. The Kier molecular flexibility index (Phi) is 5.27. The number of benzene rings is 1. The van der Waals surface area contributed by atoms with Crippen molar-refractivity contribution < 1.29 is 14.3 Å². The van der Waals surface area contributed by atoms with Gasteiger partial charge in [-0.15, -0.1) is 0 Å². The van der Waals surface area contributed by atoms with Gasteiger partial charge in [0, 0.05) is 5.69 Å². The van der Waals surface area contributed by atoms with Gasteiger partial charge in [0.25, 0.3) is 5.91 Å². The maximum absolute atomic E-state index is 12.9. The van der Waals surface area contributed by atoms with Crippen molar-refractivity contribution in [3.63, 3.8) is 0 Å². The third-order valence-electron chi connectivity index (χ3n) is 4.86. The Morgan fingerprint density at radius 3 is 2.68 bits per heavy atom. The summed E-state index contributed by atoms with van der Waals surface area (Å²) < 4.78 is 5.55. The summed E-state index contributed by atoms with van der Waals surface area (Å²) in [6.07, 6.45) is 3.04. The molecular weight excluding hydrogens is 318 g/mol. The number of rotatable bonds is 4. The first kappa shape index (κ1) is 17.7. The predicted octanol–water partition coefficient (Wildman–Crippen LogP) is 2.86. The van der Waals surface area contributed by atoms with E-state index in [1.807, 2.05) is 6.07 Å². The van der Waals surface area contributed by atoms with Crippen molar-refractivity contribution in [2.45, 2.75) is 52.2 Å². The maximum atomic E-state index is 12.9. The van der Waals surface area contributed by atoms with E-state index in [0.29, 0.717) is 17.1 Å².